The van der Waals surface area contributed by atoms with Crippen LogP contribution in [0.15, 0.2) is 24.3 Å². The monoisotopic (exact) mass is 280 g/mol. The zero-order valence-corrected chi connectivity index (χ0v) is 11.8. The summed E-state index contributed by atoms with van der Waals surface area (Å²) in [5.74, 6) is -0.0178. The molecule has 0 spiro atoms. The van der Waals surface area contributed by atoms with E-state index in [1.54, 1.807) is 38.5 Å². The molecule has 1 aromatic rings. The van der Waals surface area contributed by atoms with Crippen molar-refractivity contribution in [3.63, 3.8) is 0 Å². The summed E-state index contributed by atoms with van der Waals surface area (Å²) in [6, 6.07) is 6.96. The first-order valence-electron chi connectivity index (χ1n) is 6.35. The predicted octanol–water partition coefficient (Wildman–Crippen LogP) is 1.18. The highest BCUT2D eigenvalue weighted by molar-refractivity contribution is 6.03. The second-order valence-corrected chi connectivity index (χ2v) is 4.15. The number of ether oxygens (including phenoxy) is 2. The van der Waals surface area contributed by atoms with Crippen molar-refractivity contribution in [3.8, 4) is 5.75 Å². The Bertz CT molecular complexity index is 449. The van der Waals surface area contributed by atoms with Crippen LogP contribution in [-0.4, -0.2) is 39.2 Å². The molecule has 0 fully saturated rings. The van der Waals surface area contributed by atoms with E-state index in [1.165, 1.54) is 0 Å². The fraction of sp³-hybridized carbons (Fsp3) is 0.429. The number of rotatable bonds is 8. The standard InChI is InChI=1S/C14H20N2O4/c1-19-8-4-7-15-13(17)10-14(18)16-11-5-3-6-12(9-11)20-2/h3,5-6,9H,4,7-8,10H2,1-2H3,(H,15,17)(H,16,18). The lowest BCUT2D eigenvalue weighted by Crippen LogP contribution is -2.29. The zero-order valence-electron chi connectivity index (χ0n) is 11.8. The Labute approximate surface area is 118 Å². The molecule has 6 heteroatoms. The molecular weight excluding hydrogens is 260 g/mol. The summed E-state index contributed by atoms with van der Waals surface area (Å²) >= 11 is 0. The molecule has 0 aliphatic carbocycles. The third kappa shape index (κ3) is 6.19. The van der Waals surface area contributed by atoms with Crippen LogP contribution in [0.1, 0.15) is 12.8 Å². The molecular formula is C14H20N2O4. The highest BCUT2D eigenvalue weighted by Gasteiger charge is 2.09. The van der Waals surface area contributed by atoms with Crippen LogP contribution in [0.3, 0.4) is 0 Å². The molecule has 0 saturated carbocycles. The second-order valence-electron chi connectivity index (χ2n) is 4.15. The summed E-state index contributed by atoms with van der Waals surface area (Å²) in [5.41, 5.74) is 0.599. The average molecular weight is 280 g/mol. The summed E-state index contributed by atoms with van der Waals surface area (Å²) < 4.78 is 9.91. The smallest absolute Gasteiger partial charge is 0.233 e. The van der Waals surface area contributed by atoms with Crippen LogP contribution in [0.5, 0.6) is 5.75 Å². The largest absolute Gasteiger partial charge is 0.497 e. The van der Waals surface area contributed by atoms with Crippen LogP contribution in [0, 0.1) is 0 Å². The molecule has 0 unspecified atom stereocenters. The Morgan fingerprint density at radius 2 is 2.00 bits per heavy atom. The highest BCUT2D eigenvalue weighted by Crippen LogP contribution is 2.16. The number of benzene rings is 1. The van der Waals surface area contributed by atoms with Gasteiger partial charge in [0.2, 0.25) is 11.8 Å². The Hall–Kier alpha value is -2.08. The minimum atomic E-state index is -0.359. The van der Waals surface area contributed by atoms with Gasteiger partial charge in [-0.05, 0) is 18.6 Å². The van der Waals surface area contributed by atoms with E-state index in [-0.39, 0.29) is 18.2 Å². The van der Waals surface area contributed by atoms with Crippen LogP contribution in [-0.2, 0) is 14.3 Å². The fourth-order valence-corrected chi connectivity index (χ4v) is 1.56. The molecule has 20 heavy (non-hydrogen) atoms. The first kappa shape index (κ1) is 16.0. The van der Waals surface area contributed by atoms with Crippen LogP contribution in [0.4, 0.5) is 5.69 Å². The normalized spacial score (nSPS) is 9.90. The van der Waals surface area contributed by atoms with E-state index in [1.807, 2.05) is 0 Å². The van der Waals surface area contributed by atoms with Gasteiger partial charge in [-0.1, -0.05) is 6.07 Å². The van der Waals surface area contributed by atoms with Crippen LogP contribution in [0.25, 0.3) is 0 Å². The molecule has 2 amide bonds. The molecule has 0 heterocycles. The Kier molecular flexibility index (Phi) is 7.13. The lowest BCUT2D eigenvalue weighted by Gasteiger charge is -2.07. The molecule has 1 aromatic carbocycles. The highest BCUT2D eigenvalue weighted by atomic mass is 16.5. The van der Waals surface area contributed by atoms with E-state index in [9.17, 15) is 9.59 Å². The Morgan fingerprint density at radius 1 is 1.20 bits per heavy atom. The molecule has 1 rings (SSSR count). The number of methoxy groups -OCH3 is 2. The number of carbonyl (C=O) groups is 2. The number of carbonyl (C=O) groups excluding carboxylic acids is 2. The predicted molar refractivity (Wildman–Crippen MR) is 75.7 cm³/mol. The van der Waals surface area contributed by atoms with Gasteiger partial charge in [-0.15, -0.1) is 0 Å². The fourth-order valence-electron chi connectivity index (χ4n) is 1.56. The van der Waals surface area contributed by atoms with Crippen LogP contribution in [0.2, 0.25) is 0 Å². The third-order valence-corrected chi connectivity index (χ3v) is 2.52. The van der Waals surface area contributed by atoms with Gasteiger partial charge in [0.05, 0.1) is 7.11 Å². The summed E-state index contributed by atoms with van der Waals surface area (Å²) in [6.45, 7) is 1.08. The Balaban J connectivity index is 2.33. The summed E-state index contributed by atoms with van der Waals surface area (Å²) in [5, 5.41) is 5.30. The summed E-state index contributed by atoms with van der Waals surface area (Å²) in [6.07, 6.45) is 0.518. The molecule has 0 aliphatic rings. The molecule has 0 aromatic heterocycles. The minimum Gasteiger partial charge on any atom is -0.497 e. The van der Waals surface area contributed by atoms with E-state index in [0.717, 1.165) is 6.42 Å². The SMILES string of the molecule is COCCCNC(=O)CC(=O)Nc1cccc(OC)c1. The maximum absolute atomic E-state index is 11.7. The number of nitrogens with one attached hydrogen (secondary N) is 2. The number of anilines is 1. The van der Waals surface area contributed by atoms with Crippen molar-refractivity contribution < 1.29 is 19.1 Å². The summed E-state index contributed by atoms with van der Waals surface area (Å²) in [4.78, 5) is 23.2. The molecule has 0 saturated heterocycles. The van der Waals surface area contributed by atoms with E-state index < -0.39 is 0 Å². The first-order valence-corrected chi connectivity index (χ1v) is 6.35. The van der Waals surface area contributed by atoms with E-state index in [0.29, 0.717) is 24.6 Å². The van der Waals surface area contributed by atoms with Gasteiger partial charge in [0.1, 0.15) is 12.2 Å². The third-order valence-electron chi connectivity index (χ3n) is 2.52. The van der Waals surface area contributed by atoms with Gasteiger partial charge in [-0.3, -0.25) is 9.59 Å². The van der Waals surface area contributed by atoms with Crippen molar-refractivity contribution >= 4 is 17.5 Å². The van der Waals surface area contributed by atoms with Crippen molar-refractivity contribution in [2.45, 2.75) is 12.8 Å². The van der Waals surface area contributed by atoms with E-state index in [4.69, 9.17) is 9.47 Å². The van der Waals surface area contributed by atoms with Gasteiger partial charge < -0.3 is 20.1 Å². The van der Waals surface area contributed by atoms with Crippen molar-refractivity contribution in [2.24, 2.45) is 0 Å². The summed E-state index contributed by atoms with van der Waals surface area (Å²) in [7, 11) is 3.15. The molecule has 2 N–H and O–H groups in total. The van der Waals surface area contributed by atoms with Crippen molar-refractivity contribution in [3.05, 3.63) is 24.3 Å². The minimum absolute atomic E-state index is 0.204. The van der Waals surface area contributed by atoms with Gasteiger partial charge >= 0.3 is 0 Å². The van der Waals surface area contributed by atoms with Crippen LogP contribution < -0.4 is 15.4 Å². The second kappa shape index (κ2) is 8.92. The topological polar surface area (TPSA) is 76.7 Å². The van der Waals surface area contributed by atoms with Crippen molar-refractivity contribution in [2.75, 3.05) is 32.7 Å². The first-order chi connectivity index (χ1) is 9.65. The molecule has 0 radical (unpaired) electrons. The molecule has 0 aliphatic heterocycles. The number of hydrogen-bond donors (Lipinski definition) is 2. The van der Waals surface area contributed by atoms with Gasteiger partial charge in [0.25, 0.3) is 0 Å². The Morgan fingerprint density at radius 3 is 2.70 bits per heavy atom. The van der Waals surface area contributed by atoms with Crippen molar-refractivity contribution in [1.82, 2.24) is 5.32 Å². The quantitative estimate of drug-likeness (QED) is 0.553. The molecule has 110 valence electrons. The van der Waals surface area contributed by atoms with Gasteiger partial charge in [-0.2, -0.15) is 0 Å². The maximum Gasteiger partial charge on any atom is 0.233 e. The van der Waals surface area contributed by atoms with E-state index in [2.05, 4.69) is 10.6 Å². The van der Waals surface area contributed by atoms with E-state index >= 15 is 0 Å². The lowest BCUT2D eigenvalue weighted by molar-refractivity contribution is -0.126. The van der Waals surface area contributed by atoms with Crippen molar-refractivity contribution in [1.29, 1.82) is 0 Å². The number of amides is 2. The molecule has 6 nitrogen and oxygen atoms in total. The van der Waals surface area contributed by atoms with Gasteiger partial charge in [0.15, 0.2) is 0 Å². The maximum atomic E-state index is 11.7. The molecule has 0 bridgehead atoms. The molecule has 0 atom stereocenters. The zero-order chi connectivity index (χ0) is 14.8. The number of hydrogen-bond acceptors (Lipinski definition) is 4. The average Bonchev–Trinajstić information content (AvgIpc) is 2.43. The lowest BCUT2D eigenvalue weighted by atomic mass is 10.3. The van der Waals surface area contributed by atoms with Gasteiger partial charge in [0, 0.05) is 32.0 Å². The van der Waals surface area contributed by atoms with Gasteiger partial charge in [-0.25, -0.2) is 0 Å². The van der Waals surface area contributed by atoms with Crippen LogP contribution >= 0.6 is 0 Å².